The lowest BCUT2D eigenvalue weighted by Crippen LogP contribution is -2.32. The van der Waals surface area contributed by atoms with E-state index in [4.69, 9.17) is 14.2 Å². The van der Waals surface area contributed by atoms with Crippen LogP contribution in [0.25, 0.3) is 0 Å². The normalized spacial score (nSPS) is 11.2. The van der Waals surface area contributed by atoms with E-state index in [0.29, 0.717) is 30.3 Å². The Bertz CT molecular complexity index is 742. The van der Waals surface area contributed by atoms with Gasteiger partial charge in [-0.2, -0.15) is 0 Å². The number of hydrogen-bond acceptors (Lipinski definition) is 7. The molecule has 9 heteroatoms. The molecule has 1 atom stereocenters. The number of rotatable bonds is 11. The van der Waals surface area contributed by atoms with Crippen LogP contribution in [0.3, 0.4) is 0 Å². The second kappa shape index (κ2) is 12.0. The van der Waals surface area contributed by atoms with Gasteiger partial charge in [0.05, 0.1) is 19.1 Å². The molecule has 0 spiro atoms. The van der Waals surface area contributed by atoms with Crippen molar-refractivity contribution in [3.63, 3.8) is 0 Å². The highest BCUT2D eigenvalue weighted by Gasteiger charge is 2.08. The van der Waals surface area contributed by atoms with Crippen LogP contribution in [-0.2, 0) is 6.42 Å². The van der Waals surface area contributed by atoms with Crippen molar-refractivity contribution in [1.29, 1.82) is 0 Å². The predicted molar refractivity (Wildman–Crippen MR) is 108 cm³/mol. The van der Waals surface area contributed by atoms with E-state index in [1.165, 1.54) is 24.3 Å². The average molecular weight is 413 g/mol. The van der Waals surface area contributed by atoms with Crippen LogP contribution < -0.4 is 19.5 Å². The third-order valence-corrected chi connectivity index (χ3v) is 3.91. The van der Waals surface area contributed by atoms with Gasteiger partial charge in [-0.25, -0.2) is 0 Å². The van der Waals surface area contributed by atoms with Crippen molar-refractivity contribution in [2.75, 3.05) is 33.9 Å². The molecule has 28 heavy (non-hydrogen) atoms. The smallest absolute Gasteiger partial charge is 0.269 e. The highest BCUT2D eigenvalue weighted by molar-refractivity contribution is 5.85. The SMILES string of the molecule is COc1ccc(CCNCC(O)COc2ccc([N+](=O)[O-])cc2)cc1OC.Cl. The van der Waals surface area contributed by atoms with Gasteiger partial charge in [0.2, 0.25) is 0 Å². The Hall–Kier alpha value is -2.55. The molecule has 0 heterocycles. The standard InChI is InChI=1S/C19H24N2O6.ClH/c1-25-18-8-3-14(11-19(18)26-2)9-10-20-12-16(22)13-27-17-6-4-15(5-7-17)21(23)24;/h3-8,11,16,20,22H,9-10,12-13H2,1-2H3;1H. The molecule has 0 fully saturated rings. The molecule has 2 aromatic rings. The lowest BCUT2D eigenvalue weighted by atomic mass is 10.1. The van der Waals surface area contributed by atoms with Crippen molar-refractivity contribution in [2.45, 2.75) is 12.5 Å². The Kier molecular flexibility index (Phi) is 10.1. The second-order valence-corrected chi connectivity index (χ2v) is 5.86. The van der Waals surface area contributed by atoms with E-state index in [-0.39, 0.29) is 24.7 Å². The summed E-state index contributed by atoms with van der Waals surface area (Å²) in [5.41, 5.74) is 1.09. The molecule has 8 nitrogen and oxygen atoms in total. The summed E-state index contributed by atoms with van der Waals surface area (Å²) in [6.45, 7) is 1.16. The van der Waals surface area contributed by atoms with Crippen molar-refractivity contribution in [3.8, 4) is 17.2 Å². The topological polar surface area (TPSA) is 103 Å². The van der Waals surface area contributed by atoms with Gasteiger partial charge in [-0.05, 0) is 42.8 Å². The van der Waals surface area contributed by atoms with Gasteiger partial charge in [0, 0.05) is 18.7 Å². The van der Waals surface area contributed by atoms with Crippen LogP contribution in [-0.4, -0.2) is 50.0 Å². The van der Waals surface area contributed by atoms with E-state index in [1.807, 2.05) is 18.2 Å². The minimum Gasteiger partial charge on any atom is -0.493 e. The number of halogens is 1. The van der Waals surface area contributed by atoms with E-state index in [0.717, 1.165) is 12.0 Å². The summed E-state index contributed by atoms with van der Waals surface area (Å²) in [4.78, 5) is 10.1. The first-order chi connectivity index (χ1) is 13.0. The van der Waals surface area contributed by atoms with Crippen LogP contribution in [0, 0.1) is 10.1 Å². The van der Waals surface area contributed by atoms with Gasteiger partial charge in [-0.1, -0.05) is 6.07 Å². The van der Waals surface area contributed by atoms with Gasteiger partial charge < -0.3 is 24.6 Å². The largest absolute Gasteiger partial charge is 0.493 e. The molecule has 0 aliphatic carbocycles. The lowest BCUT2D eigenvalue weighted by Gasteiger charge is -2.14. The Morgan fingerprint density at radius 1 is 1.11 bits per heavy atom. The summed E-state index contributed by atoms with van der Waals surface area (Å²) in [7, 11) is 3.19. The molecular formula is C19H25ClN2O6. The summed E-state index contributed by atoms with van der Waals surface area (Å²) in [5, 5.41) is 23.7. The minimum absolute atomic E-state index is 0. The first-order valence-corrected chi connectivity index (χ1v) is 8.50. The van der Waals surface area contributed by atoms with E-state index in [2.05, 4.69) is 5.32 Å². The first kappa shape index (κ1) is 23.5. The van der Waals surface area contributed by atoms with Crippen LogP contribution >= 0.6 is 12.4 Å². The highest BCUT2D eigenvalue weighted by Crippen LogP contribution is 2.27. The molecule has 2 aromatic carbocycles. The van der Waals surface area contributed by atoms with Crippen LogP contribution in [0.5, 0.6) is 17.2 Å². The molecule has 0 radical (unpaired) electrons. The van der Waals surface area contributed by atoms with Gasteiger partial charge in [0.25, 0.3) is 5.69 Å². The summed E-state index contributed by atoms with van der Waals surface area (Å²) < 4.78 is 15.9. The Balaban J connectivity index is 0.00000392. The zero-order valence-corrected chi connectivity index (χ0v) is 16.6. The lowest BCUT2D eigenvalue weighted by molar-refractivity contribution is -0.384. The number of hydrogen-bond donors (Lipinski definition) is 2. The molecule has 0 amide bonds. The van der Waals surface area contributed by atoms with Crippen molar-refractivity contribution in [1.82, 2.24) is 5.32 Å². The number of nitro groups is 1. The molecule has 0 bridgehead atoms. The summed E-state index contributed by atoms with van der Waals surface area (Å²) in [6, 6.07) is 11.5. The van der Waals surface area contributed by atoms with E-state index < -0.39 is 11.0 Å². The van der Waals surface area contributed by atoms with Crippen molar-refractivity contribution < 1.29 is 24.2 Å². The maximum atomic E-state index is 10.6. The second-order valence-electron chi connectivity index (χ2n) is 5.86. The molecule has 2 N–H and O–H groups in total. The summed E-state index contributed by atoms with van der Waals surface area (Å²) >= 11 is 0. The fourth-order valence-electron chi connectivity index (χ4n) is 2.45. The van der Waals surface area contributed by atoms with Crippen LogP contribution in [0.2, 0.25) is 0 Å². The molecule has 1 unspecified atom stereocenters. The Morgan fingerprint density at radius 3 is 2.39 bits per heavy atom. The number of nitrogens with one attached hydrogen (secondary N) is 1. The van der Waals surface area contributed by atoms with Crippen molar-refractivity contribution in [3.05, 3.63) is 58.1 Å². The van der Waals surface area contributed by atoms with Crippen LogP contribution in [0.4, 0.5) is 5.69 Å². The molecule has 0 aliphatic heterocycles. The van der Waals surface area contributed by atoms with Gasteiger partial charge in [-0.3, -0.25) is 10.1 Å². The Labute approximate surface area is 170 Å². The zero-order chi connectivity index (χ0) is 19.6. The molecule has 154 valence electrons. The van der Waals surface area contributed by atoms with Gasteiger partial charge >= 0.3 is 0 Å². The number of aliphatic hydroxyl groups is 1. The predicted octanol–water partition coefficient (Wildman–Crippen LogP) is 2.61. The molecule has 0 saturated heterocycles. The molecule has 0 aromatic heterocycles. The van der Waals surface area contributed by atoms with Crippen LogP contribution in [0.1, 0.15) is 5.56 Å². The fourth-order valence-corrected chi connectivity index (χ4v) is 2.45. The van der Waals surface area contributed by atoms with Gasteiger partial charge in [-0.15, -0.1) is 12.4 Å². The molecule has 0 aliphatic rings. The summed E-state index contributed by atoms with van der Waals surface area (Å²) in [6.07, 6.45) is 0.0848. The number of benzene rings is 2. The maximum absolute atomic E-state index is 10.6. The van der Waals surface area contributed by atoms with E-state index >= 15 is 0 Å². The molecule has 0 saturated carbocycles. The van der Waals surface area contributed by atoms with Gasteiger partial charge in [0.15, 0.2) is 11.5 Å². The van der Waals surface area contributed by atoms with Crippen LogP contribution in [0.15, 0.2) is 42.5 Å². The number of nitro benzene ring substituents is 1. The molecular weight excluding hydrogens is 388 g/mol. The summed E-state index contributed by atoms with van der Waals surface area (Å²) in [5.74, 6) is 1.85. The average Bonchev–Trinajstić information content (AvgIpc) is 2.69. The number of methoxy groups -OCH3 is 2. The fraction of sp³-hybridized carbons (Fsp3) is 0.368. The van der Waals surface area contributed by atoms with E-state index in [9.17, 15) is 15.2 Å². The number of aliphatic hydroxyl groups excluding tert-OH is 1. The third-order valence-electron chi connectivity index (χ3n) is 3.91. The minimum atomic E-state index is -0.689. The van der Waals surface area contributed by atoms with Crippen molar-refractivity contribution in [2.24, 2.45) is 0 Å². The zero-order valence-electron chi connectivity index (χ0n) is 15.8. The quantitative estimate of drug-likeness (QED) is 0.332. The highest BCUT2D eigenvalue weighted by atomic mass is 35.5. The number of ether oxygens (including phenoxy) is 3. The number of non-ortho nitro benzene ring substituents is 1. The number of nitrogens with zero attached hydrogens (tertiary/aromatic N) is 1. The third kappa shape index (κ3) is 7.22. The van der Waals surface area contributed by atoms with E-state index in [1.54, 1.807) is 14.2 Å². The molecule has 2 rings (SSSR count). The Morgan fingerprint density at radius 2 is 1.79 bits per heavy atom. The van der Waals surface area contributed by atoms with Gasteiger partial charge in [0.1, 0.15) is 18.5 Å². The maximum Gasteiger partial charge on any atom is 0.269 e. The van der Waals surface area contributed by atoms with Crippen molar-refractivity contribution >= 4 is 18.1 Å². The monoisotopic (exact) mass is 412 g/mol. The first-order valence-electron chi connectivity index (χ1n) is 8.50.